The van der Waals surface area contributed by atoms with Crippen LogP contribution in [0.3, 0.4) is 0 Å². The van der Waals surface area contributed by atoms with Gasteiger partial charge in [-0.15, -0.1) is 0 Å². The predicted octanol–water partition coefficient (Wildman–Crippen LogP) is 2.34. The van der Waals surface area contributed by atoms with Crippen molar-refractivity contribution < 1.29 is 4.79 Å². The number of amides is 1. The second kappa shape index (κ2) is 6.22. The van der Waals surface area contributed by atoms with Gasteiger partial charge in [-0.25, -0.2) is 0 Å². The summed E-state index contributed by atoms with van der Waals surface area (Å²) in [4.78, 5) is 13.5. The molecule has 1 heterocycles. The van der Waals surface area contributed by atoms with Gasteiger partial charge in [-0.2, -0.15) is 0 Å². The summed E-state index contributed by atoms with van der Waals surface area (Å²) in [7, 11) is 0. The first-order chi connectivity index (χ1) is 9.50. The number of carbonyl (C=O) groups excluding carboxylic acids is 1. The van der Waals surface area contributed by atoms with E-state index < -0.39 is 0 Å². The first-order valence-electron chi connectivity index (χ1n) is 6.94. The average Bonchev–Trinajstić information content (AvgIpc) is 2.43. The molecule has 20 heavy (non-hydrogen) atoms. The van der Waals surface area contributed by atoms with Crippen LogP contribution in [0.5, 0.6) is 0 Å². The van der Waals surface area contributed by atoms with E-state index in [1.54, 1.807) is 0 Å². The normalized spacial score (nSPS) is 18.7. The molecule has 0 saturated carbocycles. The minimum absolute atomic E-state index is 0.283. The number of nitrogens with zero attached hydrogens (tertiary/aromatic N) is 1. The number of aryl methyl sites for hydroxylation is 1. The Morgan fingerprint density at radius 3 is 2.85 bits per heavy atom. The summed E-state index contributed by atoms with van der Waals surface area (Å²) in [6.45, 7) is 4.91. The fourth-order valence-corrected chi connectivity index (χ4v) is 2.87. The molecule has 5 heteroatoms. The fraction of sp³-hybridized carbons (Fsp3) is 0.467. The maximum absolute atomic E-state index is 11.5. The van der Waals surface area contributed by atoms with Gasteiger partial charge in [0.25, 0.3) is 0 Å². The molecule has 0 aliphatic carbocycles. The number of thiocarbonyl (C=S) groups is 1. The number of primary amides is 1. The Hall–Kier alpha value is -1.62. The lowest BCUT2D eigenvalue weighted by molar-refractivity contribution is -0.122. The van der Waals surface area contributed by atoms with Crippen LogP contribution in [-0.4, -0.2) is 28.5 Å². The lowest BCUT2D eigenvalue weighted by Gasteiger charge is -2.35. The minimum Gasteiger partial charge on any atom is -0.368 e. The Morgan fingerprint density at radius 2 is 2.15 bits per heavy atom. The summed E-state index contributed by atoms with van der Waals surface area (Å²) in [6.07, 6.45) is 2.85. The molecular formula is C15H21N3OS. The van der Waals surface area contributed by atoms with Crippen molar-refractivity contribution in [2.75, 3.05) is 11.9 Å². The number of nitrogens with one attached hydrogen (secondary N) is 1. The highest BCUT2D eigenvalue weighted by atomic mass is 32.1. The van der Waals surface area contributed by atoms with Gasteiger partial charge in [-0.05, 0) is 62.5 Å². The van der Waals surface area contributed by atoms with Crippen LogP contribution in [0.15, 0.2) is 18.2 Å². The van der Waals surface area contributed by atoms with Crippen LogP contribution >= 0.6 is 12.2 Å². The van der Waals surface area contributed by atoms with Crippen molar-refractivity contribution >= 4 is 28.9 Å². The Balaban J connectivity index is 2.14. The molecule has 1 aromatic rings. The minimum atomic E-state index is -0.296. The van der Waals surface area contributed by atoms with E-state index in [-0.39, 0.29) is 11.9 Å². The number of nitrogens with two attached hydrogens (primary N) is 1. The van der Waals surface area contributed by atoms with Crippen LogP contribution in [0, 0.1) is 13.8 Å². The molecule has 3 N–H and O–H groups in total. The Kier molecular flexibility index (Phi) is 4.60. The van der Waals surface area contributed by atoms with Gasteiger partial charge in [0.1, 0.15) is 6.04 Å². The topological polar surface area (TPSA) is 58.4 Å². The summed E-state index contributed by atoms with van der Waals surface area (Å²) in [5.41, 5.74) is 8.84. The highest BCUT2D eigenvalue weighted by Crippen LogP contribution is 2.21. The summed E-state index contributed by atoms with van der Waals surface area (Å²) in [6, 6.07) is 5.78. The van der Waals surface area contributed by atoms with Crippen LogP contribution in [0.25, 0.3) is 0 Å². The zero-order chi connectivity index (χ0) is 14.7. The number of carbonyl (C=O) groups is 1. The summed E-state index contributed by atoms with van der Waals surface area (Å²) < 4.78 is 0. The summed E-state index contributed by atoms with van der Waals surface area (Å²) in [5.74, 6) is -0.296. The molecule has 4 nitrogen and oxygen atoms in total. The Bertz CT molecular complexity index is 530. The molecule has 0 bridgehead atoms. The van der Waals surface area contributed by atoms with E-state index in [0.29, 0.717) is 5.11 Å². The van der Waals surface area contributed by atoms with Crippen LogP contribution in [0.4, 0.5) is 5.69 Å². The molecule has 1 aliphatic heterocycles. The van der Waals surface area contributed by atoms with Crippen LogP contribution < -0.4 is 11.1 Å². The molecular weight excluding hydrogens is 270 g/mol. The van der Waals surface area contributed by atoms with E-state index in [2.05, 4.69) is 25.2 Å². The zero-order valence-corrected chi connectivity index (χ0v) is 12.8. The molecule has 2 rings (SSSR count). The van der Waals surface area contributed by atoms with Crippen molar-refractivity contribution in [1.82, 2.24) is 4.90 Å². The maximum atomic E-state index is 11.5. The van der Waals surface area contributed by atoms with Gasteiger partial charge in [0.05, 0.1) is 0 Å². The Labute approximate surface area is 125 Å². The van der Waals surface area contributed by atoms with E-state index in [9.17, 15) is 4.79 Å². The number of rotatable bonds is 2. The van der Waals surface area contributed by atoms with Gasteiger partial charge in [-0.1, -0.05) is 12.1 Å². The lowest BCUT2D eigenvalue weighted by atomic mass is 10.0. The third-order valence-corrected chi connectivity index (χ3v) is 4.27. The molecule has 1 amide bonds. The molecule has 1 saturated heterocycles. The number of hydrogen-bond donors (Lipinski definition) is 2. The number of anilines is 1. The largest absolute Gasteiger partial charge is 0.368 e. The molecule has 0 unspecified atom stereocenters. The molecule has 1 aromatic carbocycles. The molecule has 0 radical (unpaired) electrons. The summed E-state index contributed by atoms with van der Waals surface area (Å²) in [5, 5.41) is 3.84. The van der Waals surface area contributed by atoms with E-state index in [1.165, 1.54) is 11.1 Å². The van der Waals surface area contributed by atoms with E-state index in [0.717, 1.165) is 31.5 Å². The molecule has 108 valence electrons. The number of hydrogen-bond acceptors (Lipinski definition) is 2. The van der Waals surface area contributed by atoms with Crippen LogP contribution in [0.1, 0.15) is 30.4 Å². The maximum Gasteiger partial charge on any atom is 0.240 e. The third kappa shape index (κ3) is 3.10. The van der Waals surface area contributed by atoms with Crippen LogP contribution in [0.2, 0.25) is 0 Å². The highest BCUT2D eigenvalue weighted by molar-refractivity contribution is 7.80. The van der Waals surface area contributed by atoms with E-state index in [4.69, 9.17) is 18.0 Å². The third-order valence-electron chi connectivity index (χ3n) is 3.94. The highest BCUT2D eigenvalue weighted by Gasteiger charge is 2.28. The Morgan fingerprint density at radius 1 is 1.40 bits per heavy atom. The van der Waals surface area contributed by atoms with Crippen molar-refractivity contribution in [1.29, 1.82) is 0 Å². The first kappa shape index (κ1) is 14.8. The van der Waals surface area contributed by atoms with E-state index in [1.807, 2.05) is 17.0 Å². The van der Waals surface area contributed by atoms with Crippen molar-refractivity contribution in [2.24, 2.45) is 5.73 Å². The number of likely N-dealkylation sites (tertiary alicyclic amines) is 1. The predicted molar refractivity (Wildman–Crippen MR) is 85.7 cm³/mol. The molecule has 1 atom stereocenters. The second-order valence-corrected chi connectivity index (χ2v) is 5.67. The van der Waals surface area contributed by atoms with E-state index >= 15 is 0 Å². The van der Waals surface area contributed by atoms with Gasteiger partial charge in [-0.3, -0.25) is 4.79 Å². The molecule has 1 fully saturated rings. The van der Waals surface area contributed by atoms with Gasteiger partial charge in [0.2, 0.25) is 5.91 Å². The monoisotopic (exact) mass is 291 g/mol. The molecule has 0 spiro atoms. The van der Waals surface area contributed by atoms with Crippen molar-refractivity contribution in [2.45, 2.75) is 39.2 Å². The van der Waals surface area contributed by atoms with Gasteiger partial charge in [0.15, 0.2) is 5.11 Å². The zero-order valence-electron chi connectivity index (χ0n) is 12.0. The second-order valence-electron chi connectivity index (χ2n) is 5.28. The lowest BCUT2D eigenvalue weighted by Crippen LogP contribution is -2.51. The van der Waals surface area contributed by atoms with Crippen molar-refractivity contribution in [3.8, 4) is 0 Å². The van der Waals surface area contributed by atoms with Crippen molar-refractivity contribution in [3.63, 3.8) is 0 Å². The standard InChI is InChI=1S/C15H21N3OS/c1-10-6-5-7-12(11(10)2)17-15(20)18-9-4-3-8-13(18)14(16)19/h5-7,13H,3-4,8-9H2,1-2H3,(H2,16,19)(H,17,20)/t13-/m0/s1. The SMILES string of the molecule is Cc1cccc(NC(=S)N2CCCC[C@H]2C(N)=O)c1C. The van der Waals surface area contributed by atoms with Gasteiger partial charge < -0.3 is 16.0 Å². The fourth-order valence-electron chi connectivity index (χ4n) is 2.54. The molecule has 0 aromatic heterocycles. The first-order valence-corrected chi connectivity index (χ1v) is 7.34. The quantitative estimate of drug-likeness (QED) is 0.821. The average molecular weight is 291 g/mol. The van der Waals surface area contributed by atoms with Crippen molar-refractivity contribution in [3.05, 3.63) is 29.3 Å². The van der Waals surface area contributed by atoms with Gasteiger partial charge in [0, 0.05) is 12.2 Å². The smallest absolute Gasteiger partial charge is 0.240 e. The summed E-state index contributed by atoms with van der Waals surface area (Å²) >= 11 is 5.46. The van der Waals surface area contributed by atoms with Gasteiger partial charge >= 0.3 is 0 Å². The molecule has 1 aliphatic rings. The number of benzene rings is 1. The van der Waals surface area contributed by atoms with Crippen LogP contribution in [-0.2, 0) is 4.79 Å². The number of piperidine rings is 1.